The molecule has 1 aliphatic heterocycles. The van der Waals surface area contributed by atoms with E-state index in [1.807, 2.05) is 6.08 Å². The summed E-state index contributed by atoms with van der Waals surface area (Å²) in [5, 5.41) is 0. The molecule has 2 aromatic carbocycles. The molecular weight excluding hydrogens is 376 g/mol. The van der Waals surface area contributed by atoms with Crippen LogP contribution in [0, 0.1) is 12.8 Å². The number of unbranched alkanes of at least 4 members (excludes halogenated alkanes) is 1. The van der Waals surface area contributed by atoms with E-state index in [0.29, 0.717) is 26.2 Å². The summed E-state index contributed by atoms with van der Waals surface area (Å²) in [5.41, 5.74) is 5.00. The van der Waals surface area contributed by atoms with E-state index in [1.54, 1.807) is 0 Å². The average Bonchev–Trinajstić information content (AvgIpc) is 2.78. The molecule has 160 valence electrons. The molecule has 0 amide bonds. The maximum atomic E-state index is 11.7. The van der Waals surface area contributed by atoms with Crippen molar-refractivity contribution in [2.45, 2.75) is 45.3 Å². The number of ether oxygens (including phenoxy) is 3. The molecule has 0 spiro atoms. The Bertz CT molecular complexity index is 787. The van der Waals surface area contributed by atoms with Gasteiger partial charge >= 0.3 is 5.97 Å². The molecule has 1 saturated heterocycles. The number of benzene rings is 2. The minimum Gasteiger partial charge on any atom is -0.465 e. The quantitative estimate of drug-likeness (QED) is 0.296. The lowest BCUT2D eigenvalue weighted by Crippen LogP contribution is -2.35. The van der Waals surface area contributed by atoms with Crippen molar-refractivity contribution in [2.75, 3.05) is 19.8 Å². The van der Waals surface area contributed by atoms with E-state index in [9.17, 15) is 4.79 Å². The predicted molar refractivity (Wildman–Crippen MR) is 119 cm³/mol. The molecule has 0 atom stereocenters. The van der Waals surface area contributed by atoms with E-state index in [2.05, 4.69) is 62.0 Å². The molecule has 0 unspecified atom stereocenters. The van der Waals surface area contributed by atoms with Gasteiger partial charge in [0.25, 0.3) is 0 Å². The third-order valence-corrected chi connectivity index (χ3v) is 5.31. The van der Waals surface area contributed by atoms with E-state index in [0.717, 1.165) is 25.7 Å². The number of allylic oxidation sites excluding steroid dienone is 1. The van der Waals surface area contributed by atoms with Crippen molar-refractivity contribution in [3.63, 3.8) is 0 Å². The summed E-state index contributed by atoms with van der Waals surface area (Å²) >= 11 is 0. The van der Waals surface area contributed by atoms with Crippen LogP contribution >= 0.6 is 0 Å². The highest BCUT2D eigenvalue weighted by molar-refractivity contribution is 5.69. The summed E-state index contributed by atoms with van der Waals surface area (Å²) < 4.78 is 17.0. The van der Waals surface area contributed by atoms with Crippen LogP contribution in [0.3, 0.4) is 0 Å². The fourth-order valence-electron chi connectivity index (χ4n) is 3.41. The van der Waals surface area contributed by atoms with Gasteiger partial charge in [-0.15, -0.1) is 6.58 Å². The smallest absolute Gasteiger partial charge is 0.305 e. The van der Waals surface area contributed by atoms with Crippen molar-refractivity contribution in [2.24, 2.45) is 5.92 Å². The average molecular weight is 409 g/mol. The van der Waals surface area contributed by atoms with Crippen molar-refractivity contribution in [3.05, 3.63) is 72.3 Å². The highest BCUT2D eigenvalue weighted by atomic mass is 16.7. The number of hydrogen-bond acceptors (Lipinski definition) is 4. The van der Waals surface area contributed by atoms with Crippen molar-refractivity contribution in [1.82, 2.24) is 0 Å². The first kappa shape index (κ1) is 22.3. The molecule has 30 heavy (non-hydrogen) atoms. The SMILES string of the molecule is C=CCCCC(=O)OCC1COC(CCc2ccc(-c3ccc(C)cc3)cc2)OC1. The number of hydrogen-bond donors (Lipinski definition) is 0. The molecule has 2 aromatic rings. The van der Waals surface area contributed by atoms with Crippen LogP contribution < -0.4 is 0 Å². The molecule has 4 nitrogen and oxygen atoms in total. The Hall–Kier alpha value is -2.43. The molecule has 0 N–H and O–H groups in total. The molecule has 0 aliphatic carbocycles. The van der Waals surface area contributed by atoms with Crippen LogP contribution in [0.25, 0.3) is 11.1 Å². The molecule has 1 fully saturated rings. The Balaban J connectivity index is 1.35. The van der Waals surface area contributed by atoms with Crippen LogP contribution in [0.5, 0.6) is 0 Å². The number of carbonyl (C=O) groups excluding carboxylic acids is 1. The van der Waals surface area contributed by atoms with Gasteiger partial charge in [0.1, 0.15) is 0 Å². The zero-order valence-corrected chi connectivity index (χ0v) is 17.8. The Labute approximate surface area is 179 Å². The van der Waals surface area contributed by atoms with Gasteiger partial charge < -0.3 is 14.2 Å². The van der Waals surface area contributed by atoms with Gasteiger partial charge in [0.15, 0.2) is 6.29 Å². The predicted octanol–water partition coefficient (Wildman–Crippen LogP) is 5.48. The van der Waals surface area contributed by atoms with Crippen LogP contribution in [0.15, 0.2) is 61.2 Å². The molecule has 3 rings (SSSR count). The maximum Gasteiger partial charge on any atom is 0.305 e. The molecule has 0 aromatic heterocycles. The summed E-state index contributed by atoms with van der Waals surface area (Å²) in [6.45, 7) is 7.25. The molecule has 4 heteroatoms. The zero-order valence-electron chi connectivity index (χ0n) is 17.8. The van der Waals surface area contributed by atoms with E-state index in [-0.39, 0.29) is 18.2 Å². The Kier molecular flexibility index (Phi) is 8.66. The molecular formula is C26H32O4. The molecule has 0 radical (unpaired) electrons. The van der Waals surface area contributed by atoms with Crippen LogP contribution in [0.2, 0.25) is 0 Å². The lowest BCUT2D eigenvalue weighted by atomic mass is 10.0. The van der Waals surface area contributed by atoms with Crippen LogP contribution in [0.4, 0.5) is 0 Å². The minimum atomic E-state index is -0.193. The summed E-state index contributed by atoms with van der Waals surface area (Å²) in [6, 6.07) is 17.3. The highest BCUT2D eigenvalue weighted by Crippen LogP contribution is 2.22. The largest absolute Gasteiger partial charge is 0.465 e. The first-order chi connectivity index (χ1) is 14.6. The maximum absolute atomic E-state index is 11.7. The van der Waals surface area contributed by atoms with Crippen LogP contribution in [-0.4, -0.2) is 32.1 Å². The van der Waals surface area contributed by atoms with E-state index >= 15 is 0 Å². The zero-order chi connectivity index (χ0) is 21.2. The van der Waals surface area contributed by atoms with Crippen LogP contribution in [-0.2, 0) is 25.4 Å². The third-order valence-electron chi connectivity index (χ3n) is 5.31. The Morgan fingerprint density at radius 3 is 2.33 bits per heavy atom. The fourth-order valence-corrected chi connectivity index (χ4v) is 3.41. The summed E-state index contributed by atoms with van der Waals surface area (Å²) in [6.07, 6.45) is 5.40. The van der Waals surface area contributed by atoms with E-state index in [1.165, 1.54) is 22.3 Å². The topological polar surface area (TPSA) is 44.8 Å². The molecule has 0 bridgehead atoms. The number of aryl methyl sites for hydroxylation is 2. The van der Waals surface area contributed by atoms with Gasteiger partial charge in [0, 0.05) is 18.8 Å². The van der Waals surface area contributed by atoms with Gasteiger partial charge in [0.05, 0.1) is 19.8 Å². The fraction of sp³-hybridized carbons (Fsp3) is 0.423. The number of rotatable bonds is 10. The van der Waals surface area contributed by atoms with Crippen molar-refractivity contribution in [3.8, 4) is 11.1 Å². The second-order valence-corrected chi connectivity index (χ2v) is 7.93. The van der Waals surface area contributed by atoms with E-state index in [4.69, 9.17) is 14.2 Å². The first-order valence-corrected chi connectivity index (χ1v) is 10.8. The summed E-state index contributed by atoms with van der Waals surface area (Å²) in [7, 11) is 0. The van der Waals surface area contributed by atoms with Crippen molar-refractivity contribution < 1.29 is 19.0 Å². The summed E-state index contributed by atoms with van der Waals surface area (Å²) in [4.78, 5) is 11.7. The molecule has 1 heterocycles. The lowest BCUT2D eigenvalue weighted by molar-refractivity contribution is -0.209. The van der Waals surface area contributed by atoms with Crippen molar-refractivity contribution in [1.29, 1.82) is 0 Å². The second kappa shape index (κ2) is 11.7. The third kappa shape index (κ3) is 7.12. The van der Waals surface area contributed by atoms with Gasteiger partial charge in [-0.05, 0) is 42.9 Å². The first-order valence-electron chi connectivity index (χ1n) is 10.8. The number of carbonyl (C=O) groups is 1. The monoisotopic (exact) mass is 408 g/mol. The van der Waals surface area contributed by atoms with Crippen LogP contribution in [0.1, 0.15) is 36.8 Å². The van der Waals surface area contributed by atoms with Gasteiger partial charge in [-0.3, -0.25) is 4.79 Å². The lowest BCUT2D eigenvalue weighted by Gasteiger charge is -2.29. The Morgan fingerprint density at radius 1 is 1.07 bits per heavy atom. The van der Waals surface area contributed by atoms with Gasteiger partial charge in [0.2, 0.25) is 0 Å². The summed E-state index contributed by atoms with van der Waals surface area (Å²) in [5.74, 6) is -0.0496. The second-order valence-electron chi connectivity index (χ2n) is 7.93. The molecule has 1 aliphatic rings. The van der Waals surface area contributed by atoms with Crippen molar-refractivity contribution >= 4 is 5.97 Å². The normalized spacial score (nSPS) is 18.7. The van der Waals surface area contributed by atoms with Gasteiger partial charge in [-0.2, -0.15) is 0 Å². The van der Waals surface area contributed by atoms with Gasteiger partial charge in [-0.25, -0.2) is 0 Å². The highest BCUT2D eigenvalue weighted by Gasteiger charge is 2.23. The van der Waals surface area contributed by atoms with E-state index < -0.39 is 0 Å². The molecule has 0 saturated carbocycles. The number of esters is 1. The Morgan fingerprint density at radius 2 is 1.70 bits per heavy atom. The van der Waals surface area contributed by atoms with Gasteiger partial charge in [-0.1, -0.05) is 60.2 Å². The minimum absolute atomic E-state index is 0.110. The standard InChI is InChI=1S/C26H32O4/c1-3-4-5-6-25(27)28-17-22-18-29-26(30-19-22)16-11-21-9-14-24(15-10-21)23-12-7-20(2)8-13-23/h3,7-10,12-15,22,26H,1,4-6,11,16-19H2,2H3.